The van der Waals surface area contributed by atoms with Crippen molar-refractivity contribution in [2.75, 3.05) is 10.6 Å². The fourth-order valence-corrected chi connectivity index (χ4v) is 1.71. The van der Waals surface area contributed by atoms with Crippen molar-refractivity contribution >= 4 is 18.2 Å². The van der Waals surface area contributed by atoms with Gasteiger partial charge in [-0.2, -0.15) is 15.0 Å². The SMILES string of the molecule is CC(C)Nc1nc(NC(C=O)=CN)nc(-c2ccccc2)n1. The Hall–Kier alpha value is -2.96. The largest absolute Gasteiger partial charge is 0.403 e. The summed E-state index contributed by atoms with van der Waals surface area (Å²) in [4.78, 5) is 23.8. The Morgan fingerprint density at radius 2 is 1.82 bits per heavy atom. The number of hydrogen-bond acceptors (Lipinski definition) is 7. The number of hydrogen-bond donors (Lipinski definition) is 3. The summed E-state index contributed by atoms with van der Waals surface area (Å²) < 4.78 is 0. The number of nitrogens with two attached hydrogens (primary N) is 1. The van der Waals surface area contributed by atoms with E-state index in [4.69, 9.17) is 5.73 Å². The van der Waals surface area contributed by atoms with Gasteiger partial charge in [0.05, 0.1) is 5.70 Å². The number of nitrogens with zero attached hydrogens (tertiary/aromatic N) is 3. The van der Waals surface area contributed by atoms with Gasteiger partial charge in [0, 0.05) is 17.8 Å². The van der Waals surface area contributed by atoms with Gasteiger partial charge in [-0.25, -0.2) is 0 Å². The zero-order chi connectivity index (χ0) is 15.9. The maximum Gasteiger partial charge on any atom is 0.232 e. The molecule has 0 spiro atoms. The van der Waals surface area contributed by atoms with E-state index in [9.17, 15) is 4.79 Å². The molecule has 0 bridgehead atoms. The fraction of sp³-hybridized carbons (Fsp3) is 0.200. The Morgan fingerprint density at radius 1 is 1.14 bits per heavy atom. The van der Waals surface area contributed by atoms with E-state index in [2.05, 4.69) is 25.6 Å². The summed E-state index contributed by atoms with van der Waals surface area (Å²) in [6.45, 7) is 3.96. The van der Waals surface area contributed by atoms with Gasteiger partial charge in [0.15, 0.2) is 12.1 Å². The average molecular weight is 298 g/mol. The Labute approximate surface area is 128 Å². The monoisotopic (exact) mass is 298 g/mol. The molecule has 0 saturated carbocycles. The first-order valence-corrected chi connectivity index (χ1v) is 6.84. The van der Waals surface area contributed by atoms with E-state index in [1.807, 2.05) is 44.2 Å². The fourth-order valence-electron chi connectivity index (χ4n) is 1.71. The van der Waals surface area contributed by atoms with Gasteiger partial charge in [-0.05, 0) is 13.8 Å². The first-order chi connectivity index (χ1) is 10.6. The summed E-state index contributed by atoms with van der Waals surface area (Å²) >= 11 is 0. The Balaban J connectivity index is 2.42. The van der Waals surface area contributed by atoms with Gasteiger partial charge in [0.2, 0.25) is 11.9 Å². The van der Waals surface area contributed by atoms with Gasteiger partial charge in [0.1, 0.15) is 0 Å². The topological polar surface area (TPSA) is 106 Å². The zero-order valence-electron chi connectivity index (χ0n) is 12.4. The van der Waals surface area contributed by atoms with E-state index in [1.54, 1.807) is 0 Å². The lowest BCUT2D eigenvalue weighted by Crippen LogP contribution is -2.15. The van der Waals surface area contributed by atoms with E-state index < -0.39 is 0 Å². The number of anilines is 2. The van der Waals surface area contributed by atoms with Gasteiger partial charge < -0.3 is 16.4 Å². The van der Waals surface area contributed by atoms with Crippen LogP contribution in [-0.2, 0) is 4.79 Å². The predicted molar refractivity (Wildman–Crippen MR) is 86.0 cm³/mol. The minimum Gasteiger partial charge on any atom is -0.403 e. The lowest BCUT2D eigenvalue weighted by molar-refractivity contribution is -0.104. The molecule has 2 aromatic rings. The molecule has 0 atom stereocenters. The average Bonchev–Trinajstić information content (AvgIpc) is 2.52. The number of aromatic nitrogens is 3. The molecule has 0 unspecified atom stereocenters. The standard InChI is InChI=1S/C15H18N6O/c1-10(2)17-14-19-13(11-6-4-3-5-7-11)20-15(21-14)18-12(8-16)9-22/h3-10H,16H2,1-2H3,(H2,17,18,19,20,21). The summed E-state index contributed by atoms with van der Waals surface area (Å²) in [7, 11) is 0. The van der Waals surface area contributed by atoms with E-state index in [-0.39, 0.29) is 17.7 Å². The third kappa shape index (κ3) is 4.02. The lowest BCUT2D eigenvalue weighted by atomic mass is 10.2. The van der Waals surface area contributed by atoms with Crippen molar-refractivity contribution in [2.24, 2.45) is 5.73 Å². The molecule has 0 aliphatic heterocycles. The third-order valence-electron chi connectivity index (χ3n) is 2.65. The number of carbonyl (C=O) groups is 1. The first-order valence-electron chi connectivity index (χ1n) is 6.84. The molecule has 1 aromatic carbocycles. The zero-order valence-corrected chi connectivity index (χ0v) is 12.4. The molecule has 2 rings (SSSR count). The minimum absolute atomic E-state index is 0.162. The molecule has 7 nitrogen and oxygen atoms in total. The highest BCUT2D eigenvalue weighted by Crippen LogP contribution is 2.18. The second-order valence-corrected chi connectivity index (χ2v) is 4.84. The van der Waals surface area contributed by atoms with Gasteiger partial charge in [-0.3, -0.25) is 4.79 Å². The van der Waals surface area contributed by atoms with Crippen molar-refractivity contribution in [3.8, 4) is 11.4 Å². The van der Waals surface area contributed by atoms with Crippen LogP contribution in [0.25, 0.3) is 11.4 Å². The van der Waals surface area contributed by atoms with Crippen molar-refractivity contribution in [2.45, 2.75) is 19.9 Å². The van der Waals surface area contributed by atoms with Crippen LogP contribution in [0.4, 0.5) is 11.9 Å². The van der Waals surface area contributed by atoms with Crippen molar-refractivity contribution in [1.29, 1.82) is 0 Å². The minimum atomic E-state index is 0.162. The van der Waals surface area contributed by atoms with Crippen LogP contribution in [0.1, 0.15) is 13.8 Å². The molecule has 0 aliphatic rings. The number of aldehydes is 1. The second-order valence-electron chi connectivity index (χ2n) is 4.84. The van der Waals surface area contributed by atoms with Crippen LogP contribution in [-0.4, -0.2) is 27.3 Å². The normalized spacial score (nSPS) is 11.3. The van der Waals surface area contributed by atoms with Crippen molar-refractivity contribution in [3.05, 3.63) is 42.2 Å². The van der Waals surface area contributed by atoms with Crippen LogP contribution in [0.5, 0.6) is 0 Å². The highest BCUT2D eigenvalue weighted by molar-refractivity contribution is 5.77. The number of benzene rings is 1. The van der Waals surface area contributed by atoms with E-state index in [0.29, 0.717) is 18.1 Å². The van der Waals surface area contributed by atoms with Gasteiger partial charge in [0.25, 0.3) is 0 Å². The quantitative estimate of drug-likeness (QED) is 0.551. The molecule has 0 aliphatic carbocycles. The summed E-state index contributed by atoms with van der Waals surface area (Å²) in [6, 6.07) is 9.68. The van der Waals surface area contributed by atoms with Crippen LogP contribution in [0.2, 0.25) is 0 Å². The first kappa shape index (κ1) is 15.4. The molecule has 1 aromatic heterocycles. The summed E-state index contributed by atoms with van der Waals surface area (Å²) in [5.41, 5.74) is 6.39. The van der Waals surface area contributed by atoms with Crippen LogP contribution in [0.3, 0.4) is 0 Å². The maximum atomic E-state index is 10.9. The van der Waals surface area contributed by atoms with Crippen molar-refractivity contribution in [1.82, 2.24) is 15.0 Å². The molecule has 7 heteroatoms. The van der Waals surface area contributed by atoms with Crippen LogP contribution < -0.4 is 16.4 Å². The predicted octanol–water partition coefficient (Wildman–Crippen LogP) is 1.77. The Bertz CT molecular complexity index is 669. The highest BCUT2D eigenvalue weighted by atomic mass is 16.1. The third-order valence-corrected chi connectivity index (χ3v) is 2.65. The number of allylic oxidation sites excluding steroid dienone is 1. The second kappa shape index (κ2) is 7.16. The van der Waals surface area contributed by atoms with E-state index in [0.717, 1.165) is 11.8 Å². The molecule has 0 radical (unpaired) electrons. The maximum absolute atomic E-state index is 10.9. The summed E-state index contributed by atoms with van der Waals surface area (Å²) in [5.74, 6) is 1.18. The Kier molecular flexibility index (Phi) is 5.02. The smallest absolute Gasteiger partial charge is 0.232 e. The summed E-state index contributed by atoms with van der Waals surface area (Å²) in [6.07, 6.45) is 1.76. The van der Waals surface area contributed by atoms with Crippen LogP contribution in [0, 0.1) is 0 Å². The van der Waals surface area contributed by atoms with E-state index >= 15 is 0 Å². The molecule has 0 saturated heterocycles. The van der Waals surface area contributed by atoms with Crippen LogP contribution >= 0.6 is 0 Å². The molecule has 0 amide bonds. The molecule has 0 fully saturated rings. The Morgan fingerprint density at radius 3 is 2.41 bits per heavy atom. The number of rotatable bonds is 6. The molecule has 1 heterocycles. The molecular formula is C15H18N6O. The molecule has 4 N–H and O–H groups in total. The van der Waals surface area contributed by atoms with Gasteiger partial charge in [-0.15, -0.1) is 0 Å². The van der Waals surface area contributed by atoms with E-state index in [1.165, 1.54) is 0 Å². The molecular weight excluding hydrogens is 280 g/mol. The lowest BCUT2D eigenvalue weighted by Gasteiger charge is -2.11. The van der Waals surface area contributed by atoms with Gasteiger partial charge in [-0.1, -0.05) is 30.3 Å². The van der Waals surface area contributed by atoms with Crippen molar-refractivity contribution in [3.63, 3.8) is 0 Å². The highest BCUT2D eigenvalue weighted by Gasteiger charge is 2.10. The molecule has 22 heavy (non-hydrogen) atoms. The van der Waals surface area contributed by atoms with Gasteiger partial charge >= 0.3 is 0 Å². The number of nitrogens with one attached hydrogen (secondary N) is 2. The number of carbonyl (C=O) groups excluding carboxylic acids is 1. The summed E-state index contributed by atoms with van der Waals surface area (Å²) in [5, 5.41) is 5.89. The van der Waals surface area contributed by atoms with Crippen molar-refractivity contribution < 1.29 is 4.79 Å². The van der Waals surface area contributed by atoms with Crippen LogP contribution in [0.15, 0.2) is 42.2 Å². The molecule has 114 valence electrons.